The van der Waals surface area contributed by atoms with Crippen LogP contribution in [-0.2, 0) is 9.47 Å². The van der Waals surface area contributed by atoms with E-state index in [0.29, 0.717) is 12.6 Å². The summed E-state index contributed by atoms with van der Waals surface area (Å²) in [6.45, 7) is 10.9. The molecular formula is C25H32N2O5. The number of aromatic nitrogens is 2. The molecule has 2 aliphatic rings. The van der Waals surface area contributed by atoms with Crippen molar-refractivity contribution < 1.29 is 24.4 Å². The first-order chi connectivity index (χ1) is 15.4. The third-order valence-corrected chi connectivity index (χ3v) is 6.85. The van der Waals surface area contributed by atoms with Crippen molar-refractivity contribution in [1.82, 2.24) is 9.97 Å². The average molecular weight is 441 g/mol. The number of nitrogens with zero attached hydrogens (tertiary/aromatic N) is 1. The Labute approximate surface area is 188 Å². The number of aromatic amines is 1. The van der Waals surface area contributed by atoms with E-state index in [2.05, 4.69) is 36.5 Å². The molecule has 1 aromatic carbocycles. The van der Waals surface area contributed by atoms with Crippen molar-refractivity contribution in [3.63, 3.8) is 0 Å². The number of aliphatic hydroxyl groups excluding tert-OH is 2. The van der Waals surface area contributed by atoms with Crippen molar-refractivity contribution in [2.45, 2.75) is 51.6 Å². The molecule has 7 heteroatoms. The summed E-state index contributed by atoms with van der Waals surface area (Å²) < 4.78 is 17.2. The normalized spacial score (nSPS) is 28.0. The Kier molecular flexibility index (Phi) is 6.53. The third kappa shape index (κ3) is 4.26. The van der Waals surface area contributed by atoms with Gasteiger partial charge in [0.15, 0.2) is 6.10 Å². The van der Waals surface area contributed by atoms with Crippen LogP contribution in [0.15, 0.2) is 48.6 Å². The molecule has 7 nitrogen and oxygen atoms in total. The number of imidazole rings is 1. The molecule has 172 valence electrons. The lowest BCUT2D eigenvalue weighted by Crippen LogP contribution is -2.34. The maximum absolute atomic E-state index is 9.90. The molecule has 0 spiro atoms. The second-order valence-electron chi connectivity index (χ2n) is 8.84. The number of allylic oxidation sites excluding steroid dienone is 4. The quantitative estimate of drug-likeness (QED) is 0.545. The van der Waals surface area contributed by atoms with Gasteiger partial charge in [0.2, 0.25) is 0 Å². The maximum atomic E-state index is 9.90. The number of rotatable bonds is 8. The molecule has 0 saturated carbocycles. The number of fused-ring (bicyclic) bond motifs is 2. The number of ether oxygens (including phenoxy) is 3. The highest BCUT2D eigenvalue weighted by atomic mass is 16.6. The molecule has 0 amide bonds. The first-order valence-corrected chi connectivity index (χ1v) is 11.1. The average Bonchev–Trinajstić information content (AvgIpc) is 3.50. The molecule has 2 aromatic rings. The largest absolute Gasteiger partial charge is 0.456 e. The molecule has 32 heavy (non-hydrogen) atoms. The second-order valence-corrected chi connectivity index (χ2v) is 8.84. The zero-order valence-corrected chi connectivity index (χ0v) is 18.9. The molecular weight excluding hydrogens is 408 g/mol. The summed E-state index contributed by atoms with van der Waals surface area (Å²) in [5.74, 6) is 0. The molecule has 2 fully saturated rings. The predicted molar refractivity (Wildman–Crippen MR) is 123 cm³/mol. The summed E-state index contributed by atoms with van der Waals surface area (Å²) in [6, 6.07) is 6.36. The van der Waals surface area contributed by atoms with E-state index in [1.807, 2.05) is 37.3 Å². The minimum Gasteiger partial charge on any atom is -0.456 e. The van der Waals surface area contributed by atoms with Gasteiger partial charge in [0.25, 0.3) is 6.01 Å². The Balaban J connectivity index is 1.54. The van der Waals surface area contributed by atoms with Crippen LogP contribution in [-0.4, -0.2) is 64.4 Å². The van der Waals surface area contributed by atoms with Crippen molar-refractivity contribution in [3.05, 3.63) is 54.1 Å². The minimum absolute atomic E-state index is 0.115. The Morgan fingerprint density at radius 2 is 2.09 bits per heavy atom. The fraction of sp³-hybridized carbons (Fsp3) is 0.480. The van der Waals surface area contributed by atoms with Crippen LogP contribution in [0.5, 0.6) is 6.01 Å². The number of H-pyrrole nitrogens is 1. The second kappa shape index (κ2) is 9.19. The zero-order chi connectivity index (χ0) is 22.9. The molecule has 3 heterocycles. The molecule has 1 aromatic heterocycles. The lowest BCUT2D eigenvalue weighted by Gasteiger charge is -2.26. The summed E-state index contributed by atoms with van der Waals surface area (Å²) in [7, 11) is 0. The van der Waals surface area contributed by atoms with E-state index in [1.165, 1.54) is 0 Å². The van der Waals surface area contributed by atoms with Gasteiger partial charge in [-0.3, -0.25) is 0 Å². The SMILES string of the molecule is C=C/C(=C\C=C(/C)C(C)(CC)CO)c1ccc2nc(OC3COC4C(O)COC34)[nH]c2c1. The summed E-state index contributed by atoms with van der Waals surface area (Å²) >= 11 is 0. The van der Waals surface area contributed by atoms with Gasteiger partial charge >= 0.3 is 0 Å². The highest BCUT2D eigenvalue weighted by molar-refractivity contribution is 5.84. The fourth-order valence-corrected chi connectivity index (χ4v) is 4.12. The van der Waals surface area contributed by atoms with E-state index in [4.69, 9.17) is 14.2 Å². The van der Waals surface area contributed by atoms with Gasteiger partial charge in [0.1, 0.15) is 18.3 Å². The van der Waals surface area contributed by atoms with Crippen molar-refractivity contribution in [1.29, 1.82) is 0 Å². The molecule has 5 atom stereocenters. The van der Waals surface area contributed by atoms with Gasteiger partial charge in [-0.25, -0.2) is 0 Å². The lowest BCUT2D eigenvalue weighted by molar-refractivity contribution is 0.00706. The monoisotopic (exact) mass is 440 g/mol. The van der Waals surface area contributed by atoms with Crippen molar-refractivity contribution in [3.8, 4) is 6.01 Å². The van der Waals surface area contributed by atoms with Crippen LogP contribution in [0, 0.1) is 5.41 Å². The molecule has 5 unspecified atom stereocenters. The molecule has 2 saturated heterocycles. The van der Waals surface area contributed by atoms with E-state index >= 15 is 0 Å². The Morgan fingerprint density at radius 3 is 2.81 bits per heavy atom. The summed E-state index contributed by atoms with van der Waals surface area (Å²) in [4.78, 5) is 7.75. The van der Waals surface area contributed by atoms with Crippen LogP contribution in [0.25, 0.3) is 16.6 Å². The van der Waals surface area contributed by atoms with Crippen molar-refractivity contribution >= 4 is 16.6 Å². The topological polar surface area (TPSA) is 96.8 Å². The highest BCUT2D eigenvalue weighted by Crippen LogP contribution is 2.32. The summed E-state index contributed by atoms with van der Waals surface area (Å²) in [5, 5.41) is 19.6. The Bertz CT molecular complexity index is 1040. The number of nitrogens with one attached hydrogen (secondary N) is 1. The first kappa shape index (κ1) is 22.7. The Hall–Kier alpha value is -2.45. The molecule has 0 bridgehead atoms. The molecule has 4 rings (SSSR count). The van der Waals surface area contributed by atoms with Crippen LogP contribution in [0.3, 0.4) is 0 Å². The molecule has 3 N–H and O–H groups in total. The van der Waals surface area contributed by atoms with Gasteiger partial charge in [-0.15, -0.1) is 0 Å². The van der Waals surface area contributed by atoms with Crippen molar-refractivity contribution in [2.24, 2.45) is 5.41 Å². The van der Waals surface area contributed by atoms with Crippen LogP contribution >= 0.6 is 0 Å². The van der Waals surface area contributed by atoms with Crippen molar-refractivity contribution in [2.75, 3.05) is 19.8 Å². The smallest absolute Gasteiger partial charge is 0.295 e. The van der Waals surface area contributed by atoms with E-state index in [0.717, 1.165) is 34.2 Å². The number of benzene rings is 1. The van der Waals surface area contributed by atoms with Gasteiger partial charge in [0.05, 0.1) is 30.9 Å². The third-order valence-electron chi connectivity index (χ3n) is 6.85. The highest BCUT2D eigenvalue weighted by Gasteiger charge is 2.48. The van der Waals surface area contributed by atoms with Gasteiger partial charge in [-0.1, -0.05) is 50.3 Å². The van der Waals surface area contributed by atoms with Crippen LogP contribution < -0.4 is 4.74 Å². The number of hydrogen-bond acceptors (Lipinski definition) is 6. The minimum atomic E-state index is -0.610. The first-order valence-electron chi connectivity index (χ1n) is 11.1. The number of aliphatic hydroxyl groups is 2. The zero-order valence-electron chi connectivity index (χ0n) is 18.9. The van der Waals surface area contributed by atoms with Crippen LogP contribution in [0.1, 0.15) is 32.8 Å². The fourth-order valence-electron chi connectivity index (χ4n) is 4.12. The standard InChI is InChI=1S/C25H32N2O5/c1-5-16(8-7-15(3)25(4,6-2)14-28)17-9-10-18-19(11-17)27-24(26-18)32-21-13-31-22-20(29)12-30-23(21)22/h5,7-11,20-23,28-29H,1,6,12-14H2,2-4H3,(H,26,27)/b15-7+,16-8+. The van der Waals surface area contributed by atoms with Crippen LogP contribution in [0.2, 0.25) is 0 Å². The van der Waals surface area contributed by atoms with E-state index < -0.39 is 6.10 Å². The van der Waals surface area contributed by atoms with Crippen LogP contribution in [0.4, 0.5) is 0 Å². The lowest BCUT2D eigenvalue weighted by atomic mass is 9.81. The van der Waals surface area contributed by atoms with Gasteiger partial charge < -0.3 is 29.4 Å². The van der Waals surface area contributed by atoms with Gasteiger partial charge in [-0.2, -0.15) is 4.98 Å². The van der Waals surface area contributed by atoms with E-state index in [1.54, 1.807) is 0 Å². The molecule has 0 aliphatic carbocycles. The molecule has 0 radical (unpaired) electrons. The van der Waals surface area contributed by atoms with Gasteiger partial charge in [0, 0.05) is 5.41 Å². The maximum Gasteiger partial charge on any atom is 0.295 e. The summed E-state index contributed by atoms with van der Waals surface area (Å²) in [5.41, 5.74) is 4.50. The van der Waals surface area contributed by atoms with E-state index in [-0.39, 0.29) is 36.9 Å². The van der Waals surface area contributed by atoms with Gasteiger partial charge in [-0.05, 0) is 36.6 Å². The van der Waals surface area contributed by atoms with E-state index in [9.17, 15) is 10.2 Å². The Morgan fingerprint density at radius 1 is 1.31 bits per heavy atom. The number of hydrogen-bond donors (Lipinski definition) is 3. The molecule has 2 aliphatic heterocycles. The summed E-state index contributed by atoms with van der Waals surface area (Å²) in [6.07, 6.45) is 5.22. The predicted octanol–water partition coefficient (Wildman–Crippen LogP) is 3.39.